The van der Waals surface area contributed by atoms with E-state index in [9.17, 15) is 4.79 Å². The third-order valence-electron chi connectivity index (χ3n) is 2.43. The zero-order chi connectivity index (χ0) is 13.8. The molecule has 0 fully saturated rings. The highest BCUT2D eigenvalue weighted by atomic mass is 79.9. The first-order chi connectivity index (χ1) is 9.08. The van der Waals surface area contributed by atoms with Crippen LogP contribution in [-0.2, 0) is 0 Å². The Hall–Kier alpha value is -2.32. The average molecular weight is 316 g/mol. The Bertz CT molecular complexity index is 656. The first-order valence-corrected chi connectivity index (χ1v) is 6.25. The number of nitriles is 1. The van der Waals surface area contributed by atoms with Crippen molar-refractivity contribution in [2.24, 2.45) is 0 Å². The van der Waals surface area contributed by atoms with Gasteiger partial charge in [-0.25, -0.2) is 0 Å². The van der Waals surface area contributed by atoms with Crippen molar-refractivity contribution in [1.82, 2.24) is 0 Å². The molecule has 0 aliphatic heterocycles. The molecule has 1 amide bonds. The molecule has 0 atom stereocenters. The molecular weight excluding hydrogens is 306 g/mol. The van der Waals surface area contributed by atoms with Gasteiger partial charge in [-0.05, 0) is 36.4 Å². The van der Waals surface area contributed by atoms with E-state index in [0.717, 1.165) is 4.47 Å². The Kier molecular flexibility index (Phi) is 3.83. The number of nitrogens with two attached hydrogens (primary N) is 1. The highest BCUT2D eigenvalue weighted by molar-refractivity contribution is 9.10. The van der Waals surface area contributed by atoms with Gasteiger partial charge in [0, 0.05) is 21.4 Å². The first kappa shape index (κ1) is 13.1. The van der Waals surface area contributed by atoms with E-state index in [1.165, 1.54) is 0 Å². The van der Waals surface area contributed by atoms with Crippen molar-refractivity contribution in [2.75, 3.05) is 11.1 Å². The molecule has 0 unspecified atom stereocenters. The van der Waals surface area contributed by atoms with Crippen LogP contribution in [0.3, 0.4) is 0 Å². The van der Waals surface area contributed by atoms with Crippen LogP contribution in [0.1, 0.15) is 15.9 Å². The third-order valence-corrected chi connectivity index (χ3v) is 2.89. The highest BCUT2D eigenvalue weighted by Gasteiger charge is 2.08. The molecule has 0 saturated heterocycles. The number of halogens is 1. The largest absolute Gasteiger partial charge is 0.399 e. The van der Waals surface area contributed by atoms with Crippen LogP contribution >= 0.6 is 15.9 Å². The predicted molar refractivity (Wildman–Crippen MR) is 77.7 cm³/mol. The SMILES string of the molecule is N#Cc1cccc(NC(=O)c2cc(N)cc(Br)c2)c1. The third kappa shape index (κ3) is 3.33. The topological polar surface area (TPSA) is 78.9 Å². The summed E-state index contributed by atoms with van der Waals surface area (Å²) in [5.74, 6) is -0.275. The quantitative estimate of drug-likeness (QED) is 0.835. The summed E-state index contributed by atoms with van der Waals surface area (Å²) >= 11 is 3.29. The molecule has 2 rings (SSSR count). The Labute approximate surface area is 119 Å². The summed E-state index contributed by atoms with van der Waals surface area (Å²) in [6.07, 6.45) is 0. The number of hydrogen-bond donors (Lipinski definition) is 2. The summed E-state index contributed by atoms with van der Waals surface area (Å²) in [5, 5.41) is 11.5. The fourth-order valence-corrected chi connectivity index (χ4v) is 2.12. The van der Waals surface area contributed by atoms with Gasteiger partial charge in [-0.1, -0.05) is 22.0 Å². The molecule has 19 heavy (non-hydrogen) atoms. The fourth-order valence-electron chi connectivity index (χ4n) is 1.61. The summed E-state index contributed by atoms with van der Waals surface area (Å²) in [7, 11) is 0. The van der Waals surface area contributed by atoms with Gasteiger partial charge in [0.05, 0.1) is 11.6 Å². The molecule has 0 aliphatic carbocycles. The van der Waals surface area contributed by atoms with Crippen LogP contribution < -0.4 is 11.1 Å². The summed E-state index contributed by atoms with van der Waals surface area (Å²) in [6.45, 7) is 0. The lowest BCUT2D eigenvalue weighted by Crippen LogP contribution is -2.12. The Morgan fingerprint density at radius 3 is 2.74 bits per heavy atom. The Morgan fingerprint density at radius 2 is 2.05 bits per heavy atom. The Balaban J connectivity index is 2.23. The van der Waals surface area contributed by atoms with Crippen LogP contribution in [0.5, 0.6) is 0 Å². The lowest BCUT2D eigenvalue weighted by Gasteiger charge is -2.06. The second-order valence-corrected chi connectivity index (χ2v) is 4.84. The van der Waals surface area contributed by atoms with E-state index >= 15 is 0 Å². The van der Waals surface area contributed by atoms with Gasteiger partial charge in [0.15, 0.2) is 0 Å². The minimum absolute atomic E-state index is 0.275. The number of nitrogens with one attached hydrogen (secondary N) is 1. The van der Waals surface area contributed by atoms with Gasteiger partial charge in [0.25, 0.3) is 5.91 Å². The maximum atomic E-state index is 12.0. The molecule has 4 nitrogen and oxygen atoms in total. The van der Waals surface area contributed by atoms with E-state index in [2.05, 4.69) is 21.2 Å². The smallest absolute Gasteiger partial charge is 0.255 e. The van der Waals surface area contributed by atoms with Crippen LogP contribution in [-0.4, -0.2) is 5.91 Å². The van der Waals surface area contributed by atoms with Crippen LogP contribution in [0.25, 0.3) is 0 Å². The van der Waals surface area contributed by atoms with Crippen LogP contribution in [0.2, 0.25) is 0 Å². The predicted octanol–water partition coefficient (Wildman–Crippen LogP) is 3.16. The second-order valence-electron chi connectivity index (χ2n) is 3.92. The van der Waals surface area contributed by atoms with Crippen molar-refractivity contribution in [1.29, 1.82) is 5.26 Å². The summed E-state index contributed by atoms with van der Waals surface area (Å²) in [5.41, 5.74) is 7.71. The Morgan fingerprint density at radius 1 is 1.26 bits per heavy atom. The number of rotatable bonds is 2. The van der Waals surface area contributed by atoms with E-state index in [1.807, 2.05) is 6.07 Å². The number of benzene rings is 2. The molecule has 0 spiro atoms. The molecule has 3 N–H and O–H groups in total. The van der Waals surface area contributed by atoms with E-state index < -0.39 is 0 Å². The van der Waals surface area contributed by atoms with E-state index in [4.69, 9.17) is 11.0 Å². The van der Waals surface area contributed by atoms with Crippen LogP contribution in [0.15, 0.2) is 46.9 Å². The molecular formula is C14H10BrN3O. The molecule has 94 valence electrons. The minimum Gasteiger partial charge on any atom is -0.399 e. The lowest BCUT2D eigenvalue weighted by atomic mass is 10.1. The number of hydrogen-bond acceptors (Lipinski definition) is 3. The molecule has 0 radical (unpaired) electrons. The molecule has 0 heterocycles. The van der Waals surface area contributed by atoms with E-state index in [-0.39, 0.29) is 5.91 Å². The van der Waals surface area contributed by atoms with Crippen molar-refractivity contribution in [3.8, 4) is 6.07 Å². The number of carbonyl (C=O) groups is 1. The highest BCUT2D eigenvalue weighted by Crippen LogP contribution is 2.19. The van der Waals surface area contributed by atoms with Gasteiger partial charge in [0.1, 0.15) is 0 Å². The van der Waals surface area contributed by atoms with Gasteiger partial charge in [-0.3, -0.25) is 4.79 Å². The van der Waals surface area contributed by atoms with Crippen molar-refractivity contribution in [2.45, 2.75) is 0 Å². The molecule has 0 saturated carbocycles. The summed E-state index contributed by atoms with van der Waals surface area (Å²) in [4.78, 5) is 12.0. The molecule has 0 aliphatic rings. The van der Waals surface area contributed by atoms with E-state index in [0.29, 0.717) is 22.5 Å². The van der Waals surface area contributed by atoms with Gasteiger partial charge in [-0.2, -0.15) is 5.26 Å². The molecule has 2 aromatic carbocycles. The van der Waals surface area contributed by atoms with Crippen molar-refractivity contribution in [3.05, 3.63) is 58.1 Å². The molecule has 2 aromatic rings. The number of carbonyl (C=O) groups excluding carboxylic acids is 1. The van der Waals surface area contributed by atoms with Crippen molar-refractivity contribution in [3.63, 3.8) is 0 Å². The number of nitrogens with zero attached hydrogens (tertiary/aromatic N) is 1. The minimum atomic E-state index is -0.275. The standard InChI is InChI=1S/C14H10BrN3O/c15-11-5-10(6-12(17)7-11)14(19)18-13-3-1-2-9(4-13)8-16/h1-7H,17H2,(H,18,19). The number of anilines is 2. The fraction of sp³-hybridized carbons (Fsp3) is 0. The van der Waals surface area contributed by atoms with Crippen LogP contribution in [0, 0.1) is 11.3 Å². The maximum absolute atomic E-state index is 12.0. The normalized spacial score (nSPS) is 9.68. The monoisotopic (exact) mass is 315 g/mol. The summed E-state index contributed by atoms with van der Waals surface area (Å²) < 4.78 is 0.739. The van der Waals surface area contributed by atoms with E-state index in [1.54, 1.807) is 42.5 Å². The van der Waals surface area contributed by atoms with Crippen molar-refractivity contribution < 1.29 is 4.79 Å². The zero-order valence-corrected chi connectivity index (χ0v) is 11.4. The first-order valence-electron chi connectivity index (χ1n) is 5.46. The number of nitrogen functional groups attached to an aromatic ring is 1. The van der Waals surface area contributed by atoms with Crippen molar-refractivity contribution >= 4 is 33.2 Å². The van der Waals surface area contributed by atoms with Gasteiger partial charge < -0.3 is 11.1 Å². The second kappa shape index (κ2) is 5.55. The molecule has 0 aromatic heterocycles. The molecule has 0 bridgehead atoms. The van der Waals surface area contributed by atoms with Crippen LogP contribution in [0.4, 0.5) is 11.4 Å². The number of amides is 1. The summed E-state index contributed by atoms with van der Waals surface area (Å²) in [6, 6.07) is 13.7. The van der Waals surface area contributed by atoms with Gasteiger partial charge in [-0.15, -0.1) is 0 Å². The van der Waals surface area contributed by atoms with Gasteiger partial charge >= 0.3 is 0 Å². The zero-order valence-electron chi connectivity index (χ0n) is 9.85. The lowest BCUT2D eigenvalue weighted by molar-refractivity contribution is 0.102. The average Bonchev–Trinajstić information content (AvgIpc) is 2.37. The van der Waals surface area contributed by atoms with Gasteiger partial charge in [0.2, 0.25) is 0 Å². The molecule has 5 heteroatoms. The maximum Gasteiger partial charge on any atom is 0.255 e.